The van der Waals surface area contributed by atoms with Crippen molar-refractivity contribution in [2.24, 2.45) is 35.5 Å². The molecule has 0 heterocycles. The van der Waals surface area contributed by atoms with E-state index in [4.69, 9.17) is 4.74 Å². The fourth-order valence-corrected chi connectivity index (χ4v) is 5.93. The fourth-order valence-electron chi connectivity index (χ4n) is 5.93. The Morgan fingerprint density at radius 3 is 2.52 bits per heavy atom. The lowest BCUT2D eigenvalue weighted by atomic mass is 9.53. The molecule has 0 aliphatic heterocycles. The lowest BCUT2D eigenvalue weighted by Gasteiger charge is -2.53. The van der Waals surface area contributed by atoms with Crippen LogP contribution < -0.4 is 0 Å². The van der Waals surface area contributed by atoms with Gasteiger partial charge >= 0.3 is 5.97 Å². The van der Waals surface area contributed by atoms with E-state index in [1.807, 2.05) is 30.3 Å². The van der Waals surface area contributed by atoms with Crippen LogP contribution in [0, 0.1) is 35.5 Å². The van der Waals surface area contributed by atoms with Crippen molar-refractivity contribution in [3.63, 3.8) is 0 Å². The third-order valence-electron chi connectivity index (χ3n) is 7.21. The van der Waals surface area contributed by atoms with Crippen LogP contribution in [-0.4, -0.2) is 23.8 Å². The minimum Gasteiger partial charge on any atom is -0.458 e. The molecule has 1 aromatic carbocycles. The monoisotopic (exact) mass is 370 g/mol. The Morgan fingerprint density at radius 1 is 1.19 bits per heavy atom. The predicted molar refractivity (Wildman–Crippen MR) is 108 cm³/mol. The first-order valence-corrected chi connectivity index (χ1v) is 10.5. The molecule has 2 aliphatic rings. The van der Waals surface area contributed by atoms with Crippen molar-refractivity contribution >= 4 is 5.97 Å². The van der Waals surface area contributed by atoms with E-state index >= 15 is 0 Å². The molecule has 0 bridgehead atoms. The minimum absolute atomic E-state index is 0.0396. The number of aliphatic hydroxyl groups is 1. The average Bonchev–Trinajstić information content (AvgIpc) is 2.69. The van der Waals surface area contributed by atoms with Crippen LogP contribution in [0.3, 0.4) is 0 Å². The summed E-state index contributed by atoms with van der Waals surface area (Å²) in [5, 5.41) is 10.3. The van der Waals surface area contributed by atoms with Crippen LogP contribution in [0.1, 0.15) is 57.3 Å². The highest BCUT2D eigenvalue weighted by Gasteiger charge is 2.50. The lowest BCUT2D eigenvalue weighted by molar-refractivity contribution is -0.0933. The Hall–Kier alpha value is -1.61. The van der Waals surface area contributed by atoms with Gasteiger partial charge in [-0.05, 0) is 80.8 Å². The Kier molecular flexibility index (Phi) is 6.41. The molecule has 0 saturated heterocycles. The highest BCUT2D eigenvalue weighted by atomic mass is 16.5. The van der Waals surface area contributed by atoms with Crippen molar-refractivity contribution in [2.75, 3.05) is 6.61 Å². The number of ether oxygens (including phenoxy) is 1. The van der Waals surface area contributed by atoms with Crippen LogP contribution in [-0.2, 0) is 4.74 Å². The largest absolute Gasteiger partial charge is 0.458 e. The second kappa shape index (κ2) is 8.60. The van der Waals surface area contributed by atoms with Gasteiger partial charge in [0, 0.05) is 6.61 Å². The quantitative estimate of drug-likeness (QED) is 0.592. The number of carbonyl (C=O) groups excluding carboxylic acids is 1. The maximum absolute atomic E-state index is 12.6. The van der Waals surface area contributed by atoms with E-state index in [1.165, 1.54) is 5.57 Å². The van der Waals surface area contributed by atoms with Crippen LogP contribution in [0.4, 0.5) is 0 Å². The number of carbonyl (C=O) groups is 1. The first-order valence-electron chi connectivity index (χ1n) is 10.5. The van der Waals surface area contributed by atoms with Crippen molar-refractivity contribution in [3.8, 4) is 0 Å². The Balaban J connectivity index is 1.83. The van der Waals surface area contributed by atoms with Crippen molar-refractivity contribution in [3.05, 3.63) is 47.5 Å². The van der Waals surface area contributed by atoms with E-state index in [1.54, 1.807) is 0 Å². The van der Waals surface area contributed by atoms with Crippen molar-refractivity contribution in [2.45, 2.75) is 53.1 Å². The molecule has 3 heteroatoms. The molecule has 3 nitrogen and oxygen atoms in total. The van der Waals surface area contributed by atoms with E-state index in [0.717, 1.165) is 19.3 Å². The Labute approximate surface area is 163 Å². The number of allylic oxidation sites excluding steroid dienone is 2. The van der Waals surface area contributed by atoms with Crippen molar-refractivity contribution in [1.82, 2.24) is 0 Å². The van der Waals surface area contributed by atoms with Crippen molar-refractivity contribution < 1.29 is 14.6 Å². The molecule has 2 saturated carbocycles. The van der Waals surface area contributed by atoms with Crippen LogP contribution in [0.15, 0.2) is 42.0 Å². The van der Waals surface area contributed by atoms with Gasteiger partial charge in [0.2, 0.25) is 0 Å². The highest BCUT2D eigenvalue weighted by Crippen LogP contribution is 2.53. The topological polar surface area (TPSA) is 46.5 Å². The van der Waals surface area contributed by atoms with Gasteiger partial charge in [-0.15, -0.1) is 0 Å². The van der Waals surface area contributed by atoms with Gasteiger partial charge in [-0.25, -0.2) is 4.79 Å². The highest BCUT2D eigenvalue weighted by molar-refractivity contribution is 5.89. The standard InChI is InChI=1S/C24H34O3/c1-5-15(2)22-17(4)13-19-21(12-11-16(3)23(19)20(22)14-25)27-24(26)18-9-7-6-8-10-18/h5-10,16-17,19-23,25H,11-14H2,1-4H3/b15-5-/t16-,17-,19-,20+,21-,22?,23+/m0/s1. The molecular formula is C24H34O3. The summed E-state index contributed by atoms with van der Waals surface area (Å²) in [4.78, 5) is 12.6. The first-order chi connectivity index (χ1) is 13.0. The van der Waals surface area contributed by atoms with Gasteiger partial charge in [0.25, 0.3) is 0 Å². The smallest absolute Gasteiger partial charge is 0.338 e. The summed E-state index contributed by atoms with van der Waals surface area (Å²) in [6.07, 6.45) is 5.21. The van der Waals surface area contributed by atoms with Gasteiger partial charge < -0.3 is 9.84 Å². The van der Waals surface area contributed by atoms with Crippen LogP contribution >= 0.6 is 0 Å². The predicted octanol–water partition coefficient (Wildman–Crippen LogP) is 5.11. The molecule has 0 amide bonds. The van der Waals surface area contributed by atoms with Gasteiger partial charge in [0.05, 0.1) is 5.56 Å². The van der Waals surface area contributed by atoms with Gasteiger partial charge in [-0.2, -0.15) is 0 Å². The second-order valence-corrected chi connectivity index (χ2v) is 8.72. The third kappa shape index (κ3) is 3.99. The molecule has 1 N–H and O–H groups in total. The van der Waals surface area contributed by atoms with E-state index in [2.05, 4.69) is 33.8 Å². The van der Waals surface area contributed by atoms with E-state index < -0.39 is 0 Å². The molecule has 0 aromatic heterocycles. The summed E-state index contributed by atoms with van der Waals surface area (Å²) in [7, 11) is 0. The first kappa shape index (κ1) is 20.1. The fraction of sp³-hybridized carbons (Fsp3) is 0.625. The number of fused-ring (bicyclic) bond motifs is 1. The zero-order chi connectivity index (χ0) is 19.6. The molecule has 3 rings (SSSR count). The number of esters is 1. The van der Waals surface area contributed by atoms with Crippen LogP contribution in [0.25, 0.3) is 0 Å². The zero-order valence-electron chi connectivity index (χ0n) is 17.1. The molecule has 0 radical (unpaired) electrons. The summed E-state index contributed by atoms with van der Waals surface area (Å²) >= 11 is 0. The Morgan fingerprint density at radius 2 is 1.89 bits per heavy atom. The minimum atomic E-state index is -0.214. The number of aliphatic hydroxyl groups excluding tert-OH is 1. The number of rotatable bonds is 4. The van der Waals surface area contributed by atoms with E-state index in [-0.39, 0.29) is 24.6 Å². The third-order valence-corrected chi connectivity index (χ3v) is 7.21. The summed E-state index contributed by atoms with van der Waals surface area (Å²) in [5.74, 6) is 2.26. The molecule has 7 atom stereocenters. The Bertz CT molecular complexity index is 665. The molecule has 2 fully saturated rings. The van der Waals surface area contributed by atoms with Crippen LogP contribution in [0.5, 0.6) is 0 Å². The van der Waals surface area contributed by atoms with Crippen LogP contribution in [0.2, 0.25) is 0 Å². The molecule has 1 aromatic rings. The SMILES string of the molecule is C/C=C(/C)C1[C@@H](CO)[C@H]2[C@@H](C[C@@H]1C)[C@@H](OC(=O)c1ccccc1)CC[C@@H]2C. The maximum atomic E-state index is 12.6. The van der Waals surface area contributed by atoms with Gasteiger partial charge in [0.15, 0.2) is 0 Å². The zero-order valence-corrected chi connectivity index (χ0v) is 17.1. The number of hydrogen-bond acceptors (Lipinski definition) is 3. The van der Waals surface area contributed by atoms with E-state index in [0.29, 0.717) is 35.2 Å². The molecule has 1 unspecified atom stereocenters. The summed E-state index contributed by atoms with van der Waals surface area (Å²) in [6, 6.07) is 9.29. The maximum Gasteiger partial charge on any atom is 0.338 e. The van der Waals surface area contributed by atoms with Gasteiger partial charge in [-0.1, -0.05) is 43.7 Å². The van der Waals surface area contributed by atoms with Gasteiger partial charge in [0.1, 0.15) is 6.10 Å². The normalized spacial score (nSPS) is 36.8. The molecule has 0 spiro atoms. The van der Waals surface area contributed by atoms with Gasteiger partial charge in [-0.3, -0.25) is 0 Å². The summed E-state index contributed by atoms with van der Waals surface area (Å²) < 4.78 is 6.02. The average molecular weight is 371 g/mol. The second-order valence-electron chi connectivity index (χ2n) is 8.72. The molecular weight excluding hydrogens is 336 g/mol. The lowest BCUT2D eigenvalue weighted by Crippen LogP contribution is -2.51. The number of benzene rings is 1. The van der Waals surface area contributed by atoms with E-state index in [9.17, 15) is 9.90 Å². The summed E-state index contributed by atoms with van der Waals surface area (Å²) in [5.41, 5.74) is 2.01. The van der Waals surface area contributed by atoms with Crippen molar-refractivity contribution in [1.29, 1.82) is 0 Å². The number of hydrogen-bond donors (Lipinski definition) is 1. The molecule has 2 aliphatic carbocycles. The molecule has 27 heavy (non-hydrogen) atoms. The summed E-state index contributed by atoms with van der Waals surface area (Å²) in [6.45, 7) is 9.12. The molecule has 148 valence electrons.